The van der Waals surface area contributed by atoms with Crippen LogP contribution >= 0.6 is 11.3 Å². The van der Waals surface area contributed by atoms with Gasteiger partial charge in [0.25, 0.3) is 5.56 Å². The first-order chi connectivity index (χ1) is 11.7. The molecule has 2 aromatic heterocycles. The lowest BCUT2D eigenvalue weighted by atomic mass is 9.93. The third kappa shape index (κ3) is 2.35. The molecule has 120 valence electrons. The number of hydrogen-bond acceptors (Lipinski definition) is 3. The molecule has 0 aliphatic heterocycles. The van der Waals surface area contributed by atoms with Crippen molar-refractivity contribution >= 4 is 32.3 Å². The zero-order chi connectivity index (χ0) is 16.7. The number of aryl methyl sites for hydroxylation is 1. The van der Waals surface area contributed by atoms with Crippen LogP contribution in [0.3, 0.4) is 0 Å². The van der Waals surface area contributed by atoms with Crippen LogP contribution in [0, 0.1) is 6.92 Å². The second kappa shape index (κ2) is 5.89. The van der Waals surface area contributed by atoms with Crippen molar-refractivity contribution in [3.63, 3.8) is 0 Å². The zero-order valence-electron chi connectivity index (χ0n) is 13.6. The van der Waals surface area contributed by atoms with Gasteiger partial charge in [0, 0.05) is 22.8 Å². The van der Waals surface area contributed by atoms with Gasteiger partial charge >= 0.3 is 0 Å². The molecule has 0 amide bonds. The van der Waals surface area contributed by atoms with Gasteiger partial charge in [-0.15, -0.1) is 11.3 Å². The van der Waals surface area contributed by atoms with E-state index < -0.39 is 0 Å². The Morgan fingerprint density at radius 1 is 1.08 bits per heavy atom. The molecule has 0 atom stereocenters. The molecule has 0 aliphatic carbocycles. The van der Waals surface area contributed by atoms with Crippen LogP contribution in [0.5, 0.6) is 0 Å². The van der Waals surface area contributed by atoms with Gasteiger partial charge in [-0.3, -0.25) is 4.79 Å². The van der Waals surface area contributed by atoms with Crippen molar-refractivity contribution in [2.75, 3.05) is 7.05 Å². The summed E-state index contributed by atoms with van der Waals surface area (Å²) >= 11 is 1.50. The summed E-state index contributed by atoms with van der Waals surface area (Å²) in [6.45, 7) is 2.98. The van der Waals surface area contributed by atoms with Crippen LogP contribution in [0.25, 0.3) is 32.1 Å². The molecular weight excluding hydrogens is 316 g/mol. The van der Waals surface area contributed by atoms with Crippen LogP contribution < -0.4 is 10.9 Å². The number of benzene rings is 2. The van der Waals surface area contributed by atoms with E-state index in [0.29, 0.717) is 0 Å². The number of aromatic nitrogens is 1. The summed E-state index contributed by atoms with van der Waals surface area (Å²) in [6.07, 6.45) is 0. The summed E-state index contributed by atoms with van der Waals surface area (Å²) in [5, 5.41) is 7.33. The smallest absolute Gasteiger partial charge is 0.266 e. The first kappa shape index (κ1) is 15.1. The monoisotopic (exact) mass is 334 g/mol. The van der Waals surface area contributed by atoms with E-state index in [1.54, 1.807) is 0 Å². The maximum atomic E-state index is 12.3. The van der Waals surface area contributed by atoms with E-state index in [4.69, 9.17) is 0 Å². The lowest BCUT2D eigenvalue weighted by Crippen LogP contribution is -2.05. The predicted octanol–water partition coefficient (Wildman–Crippen LogP) is 4.44. The van der Waals surface area contributed by atoms with E-state index >= 15 is 0 Å². The number of fused-ring (bicyclic) bond motifs is 3. The summed E-state index contributed by atoms with van der Waals surface area (Å²) in [4.78, 5) is 15.3. The molecule has 4 heteroatoms. The lowest BCUT2D eigenvalue weighted by Gasteiger charge is -2.12. The first-order valence-electron chi connectivity index (χ1n) is 7.96. The summed E-state index contributed by atoms with van der Waals surface area (Å²) in [5.74, 6) is 0. The van der Waals surface area contributed by atoms with Crippen LogP contribution in [0.2, 0.25) is 0 Å². The van der Waals surface area contributed by atoms with Crippen molar-refractivity contribution in [1.82, 2.24) is 10.3 Å². The molecule has 0 spiro atoms. The molecule has 0 saturated heterocycles. The Labute approximate surface area is 144 Å². The molecule has 4 rings (SSSR count). The van der Waals surface area contributed by atoms with Crippen LogP contribution in [0.1, 0.15) is 11.1 Å². The van der Waals surface area contributed by atoms with Gasteiger partial charge in [-0.1, -0.05) is 30.3 Å². The van der Waals surface area contributed by atoms with Gasteiger partial charge in [-0.05, 0) is 53.7 Å². The number of rotatable bonds is 3. The van der Waals surface area contributed by atoms with Crippen molar-refractivity contribution in [3.05, 3.63) is 69.3 Å². The Bertz CT molecular complexity index is 1090. The zero-order valence-corrected chi connectivity index (χ0v) is 14.5. The number of hydrogen-bond donors (Lipinski definition) is 2. The summed E-state index contributed by atoms with van der Waals surface area (Å²) < 4.78 is 0.793. The third-order valence-electron chi connectivity index (χ3n) is 4.43. The largest absolute Gasteiger partial charge is 0.321 e. The molecule has 2 aromatic carbocycles. The Morgan fingerprint density at radius 2 is 1.88 bits per heavy atom. The fourth-order valence-electron chi connectivity index (χ4n) is 3.32. The standard InChI is InChI=1S/C20H18N2OS/c1-12-3-8-16-18(15-9-10-24-19(15)20(23)22-16)17(12)14-6-4-13(5-7-14)11-21-2/h3-10,21H,11H2,1-2H3,(H,22,23). The van der Waals surface area contributed by atoms with Gasteiger partial charge in [-0.2, -0.15) is 0 Å². The first-order valence-corrected chi connectivity index (χ1v) is 8.83. The van der Waals surface area contributed by atoms with Gasteiger partial charge in [-0.25, -0.2) is 0 Å². The quantitative estimate of drug-likeness (QED) is 0.582. The van der Waals surface area contributed by atoms with Crippen LogP contribution in [0.4, 0.5) is 0 Å². The van der Waals surface area contributed by atoms with E-state index in [1.807, 2.05) is 18.5 Å². The fraction of sp³-hybridized carbons (Fsp3) is 0.150. The topological polar surface area (TPSA) is 44.9 Å². The molecule has 2 heterocycles. The minimum atomic E-state index is -0.00771. The summed E-state index contributed by atoms with van der Waals surface area (Å²) in [7, 11) is 1.95. The number of thiophene rings is 1. The Kier molecular flexibility index (Phi) is 3.71. The average molecular weight is 334 g/mol. The molecule has 0 bridgehead atoms. The molecule has 24 heavy (non-hydrogen) atoms. The highest BCUT2D eigenvalue weighted by Gasteiger charge is 2.13. The number of nitrogens with one attached hydrogen (secondary N) is 2. The fourth-order valence-corrected chi connectivity index (χ4v) is 4.11. The second-order valence-corrected chi connectivity index (χ2v) is 6.94. The van der Waals surface area contributed by atoms with Gasteiger partial charge in [0.15, 0.2) is 0 Å². The van der Waals surface area contributed by atoms with Gasteiger partial charge in [0.05, 0.1) is 0 Å². The van der Waals surface area contributed by atoms with E-state index in [-0.39, 0.29) is 5.56 Å². The molecule has 0 aliphatic rings. The molecule has 2 N–H and O–H groups in total. The van der Waals surface area contributed by atoms with E-state index in [1.165, 1.54) is 33.6 Å². The SMILES string of the molecule is CNCc1ccc(-c2c(C)ccc3[nH]c(=O)c4sccc4c23)cc1. The second-order valence-electron chi connectivity index (χ2n) is 6.02. The number of pyridine rings is 1. The van der Waals surface area contributed by atoms with Gasteiger partial charge in [0.2, 0.25) is 0 Å². The molecule has 0 radical (unpaired) electrons. The number of aromatic amines is 1. The maximum absolute atomic E-state index is 12.3. The number of H-pyrrole nitrogens is 1. The van der Waals surface area contributed by atoms with Gasteiger partial charge < -0.3 is 10.3 Å². The van der Waals surface area contributed by atoms with Crippen LogP contribution in [-0.2, 0) is 6.54 Å². The van der Waals surface area contributed by atoms with Crippen molar-refractivity contribution < 1.29 is 0 Å². The normalized spacial score (nSPS) is 11.4. The minimum Gasteiger partial charge on any atom is -0.321 e. The van der Waals surface area contributed by atoms with Crippen molar-refractivity contribution in [2.24, 2.45) is 0 Å². The van der Waals surface area contributed by atoms with E-state index in [0.717, 1.165) is 27.5 Å². The van der Waals surface area contributed by atoms with Crippen molar-refractivity contribution in [1.29, 1.82) is 0 Å². The van der Waals surface area contributed by atoms with Crippen molar-refractivity contribution in [2.45, 2.75) is 13.5 Å². The molecule has 0 saturated carbocycles. The predicted molar refractivity (Wildman–Crippen MR) is 103 cm³/mol. The third-order valence-corrected chi connectivity index (χ3v) is 5.34. The van der Waals surface area contributed by atoms with Gasteiger partial charge in [0.1, 0.15) is 4.70 Å². The Morgan fingerprint density at radius 3 is 2.62 bits per heavy atom. The molecule has 0 fully saturated rings. The molecule has 3 nitrogen and oxygen atoms in total. The molecule has 4 aromatic rings. The maximum Gasteiger partial charge on any atom is 0.266 e. The summed E-state index contributed by atoms with van der Waals surface area (Å²) in [5.41, 5.74) is 5.73. The highest BCUT2D eigenvalue weighted by Crippen LogP contribution is 2.36. The Balaban J connectivity index is 2.05. The minimum absolute atomic E-state index is 0.00771. The molecule has 0 unspecified atom stereocenters. The average Bonchev–Trinajstić information content (AvgIpc) is 3.07. The highest BCUT2D eigenvalue weighted by atomic mass is 32.1. The van der Waals surface area contributed by atoms with Crippen LogP contribution in [-0.4, -0.2) is 12.0 Å². The van der Waals surface area contributed by atoms with Crippen LogP contribution in [0.15, 0.2) is 52.6 Å². The highest BCUT2D eigenvalue weighted by molar-refractivity contribution is 7.17. The molecular formula is C20H18N2OS. The summed E-state index contributed by atoms with van der Waals surface area (Å²) in [6, 6.07) is 14.8. The van der Waals surface area contributed by atoms with E-state index in [9.17, 15) is 4.79 Å². The van der Waals surface area contributed by atoms with E-state index in [2.05, 4.69) is 53.6 Å². The Hall–Kier alpha value is -2.43. The van der Waals surface area contributed by atoms with Crippen molar-refractivity contribution in [3.8, 4) is 11.1 Å². The lowest BCUT2D eigenvalue weighted by molar-refractivity contribution is 0.818.